The van der Waals surface area contributed by atoms with Crippen LogP contribution in [0.2, 0.25) is 0 Å². The molecule has 3 rings (SSSR count). The van der Waals surface area contributed by atoms with E-state index < -0.39 is 0 Å². The van der Waals surface area contributed by atoms with E-state index in [1.807, 2.05) is 6.92 Å². The largest absolute Gasteiger partial charge is 0.352 e. The Labute approximate surface area is 116 Å². The fraction of sp³-hybridized carbons (Fsp3) is 0.938. The highest BCUT2D eigenvalue weighted by atomic mass is 16.2. The quantitative estimate of drug-likeness (QED) is 0.819. The molecule has 19 heavy (non-hydrogen) atoms. The lowest BCUT2D eigenvalue weighted by Gasteiger charge is -2.28. The van der Waals surface area contributed by atoms with Gasteiger partial charge in [-0.3, -0.25) is 4.79 Å². The minimum atomic E-state index is -0.0220. The lowest BCUT2D eigenvalue weighted by molar-refractivity contribution is -0.124. The summed E-state index contributed by atoms with van der Waals surface area (Å²) < 4.78 is 0. The first-order valence-corrected chi connectivity index (χ1v) is 8.29. The van der Waals surface area contributed by atoms with Crippen molar-refractivity contribution in [2.45, 2.75) is 82.8 Å². The van der Waals surface area contributed by atoms with Crippen molar-refractivity contribution in [2.75, 3.05) is 0 Å². The number of carbonyl (C=O) groups excluding carboxylic acids is 1. The van der Waals surface area contributed by atoms with Crippen molar-refractivity contribution in [3.05, 3.63) is 0 Å². The molecule has 0 aromatic carbocycles. The van der Waals surface area contributed by atoms with E-state index in [0.29, 0.717) is 12.1 Å². The zero-order valence-corrected chi connectivity index (χ0v) is 12.2. The Morgan fingerprint density at radius 2 is 1.84 bits per heavy atom. The Bertz CT molecular complexity index is 325. The first kappa shape index (κ1) is 13.4. The second-order valence-corrected chi connectivity index (χ2v) is 7.01. The number of amides is 1. The molecule has 3 heteroatoms. The molecule has 2 bridgehead atoms. The highest BCUT2D eigenvalue weighted by molar-refractivity contribution is 5.81. The summed E-state index contributed by atoms with van der Waals surface area (Å²) in [6, 6.07) is 1.02. The van der Waals surface area contributed by atoms with Crippen LogP contribution in [0.4, 0.5) is 0 Å². The van der Waals surface area contributed by atoms with Gasteiger partial charge in [-0.25, -0.2) is 0 Å². The van der Waals surface area contributed by atoms with Crippen molar-refractivity contribution in [2.24, 2.45) is 11.8 Å². The highest BCUT2D eigenvalue weighted by Crippen LogP contribution is 2.44. The van der Waals surface area contributed by atoms with Gasteiger partial charge in [0.1, 0.15) is 0 Å². The number of hydrogen-bond donors (Lipinski definition) is 2. The number of carbonyl (C=O) groups is 1. The van der Waals surface area contributed by atoms with Crippen LogP contribution in [0.15, 0.2) is 0 Å². The van der Waals surface area contributed by atoms with Gasteiger partial charge in [-0.15, -0.1) is 0 Å². The average Bonchev–Trinajstić information content (AvgIpc) is 3.02. The summed E-state index contributed by atoms with van der Waals surface area (Å²) in [7, 11) is 0. The van der Waals surface area contributed by atoms with E-state index >= 15 is 0 Å². The van der Waals surface area contributed by atoms with E-state index in [2.05, 4.69) is 10.6 Å². The van der Waals surface area contributed by atoms with Crippen molar-refractivity contribution >= 4 is 5.91 Å². The van der Waals surface area contributed by atoms with Gasteiger partial charge in [0.25, 0.3) is 0 Å². The Hall–Kier alpha value is -0.570. The molecule has 0 radical (unpaired) electrons. The normalized spacial score (nSPS) is 36.4. The van der Waals surface area contributed by atoms with E-state index in [-0.39, 0.29) is 11.9 Å². The molecule has 1 amide bonds. The van der Waals surface area contributed by atoms with Crippen LogP contribution in [0.3, 0.4) is 0 Å². The van der Waals surface area contributed by atoms with E-state index in [9.17, 15) is 4.79 Å². The summed E-state index contributed by atoms with van der Waals surface area (Å²) in [5.74, 6) is 2.00. The molecule has 4 atom stereocenters. The minimum absolute atomic E-state index is 0.0220. The van der Waals surface area contributed by atoms with Crippen LogP contribution in [-0.2, 0) is 4.79 Å². The van der Waals surface area contributed by atoms with Gasteiger partial charge in [0.2, 0.25) is 5.91 Å². The monoisotopic (exact) mass is 264 g/mol. The minimum Gasteiger partial charge on any atom is -0.352 e. The summed E-state index contributed by atoms with van der Waals surface area (Å²) in [5, 5.41) is 6.82. The fourth-order valence-corrected chi connectivity index (χ4v) is 4.42. The molecular weight excluding hydrogens is 236 g/mol. The third-order valence-corrected chi connectivity index (χ3v) is 5.55. The molecule has 3 nitrogen and oxygen atoms in total. The number of nitrogens with one attached hydrogen (secondary N) is 2. The second kappa shape index (κ2) is 5.82. The van der Waals surface area contributed by atoms with Crippen molar-refractivity contribution in [3.8, 4) is 0 Å². The predicted octanol–water partition coefficient (Wildman–Crippen LogP) is 2.60. The Morgan fingerprint density at radius 3 is 2.47 bits per heavy atom. The third kappa shape index (κ3) is 3.13. The lowest BCUT2D eigenvalue weighted by Crippen LogP contribution is -2.50. The summed E-state index contributed by atoms with van der Waals surface area (Å²) in [6.45, 7) is 2.03. The second-order valence-electron chi connectivity index (χ2n) is 7.01. The molecule has 0 aromatic heterocycles. The van der Waals surface area contributed by atoms with Crippen LogP contribution in [0.1, 0.15) is 64.7 Å². The summed E-state index contributed by atoms with van der Waals surface area (Å²) >= 11 is 0. The maximum absolute atomic E-state index is 12.2. The Kier molecular flexibility index (Phi) is 4.11. The molecule has 3 aliphatic carbocycles. The van der Waals surface area contributed by atoms with Crippen LogP contribution in [-0.4, -0.2) is 24.0 Å². The van der Waals surface area contributed by atoms with Crippen molar-refractivity contribution in [1.29, 1.82) is 0 Å². The molecule has 0 heterocycles. The third-order valence-electron chi connectivity index (χ3n) is 5.55. The van der Waals surface area contributed by atoms with E-state index in [0.717, 1.165) is 11.8 Å². The van der Waals surface area contributed by atoms with Gasteiger partial charge in [-0.1, -0.05) is 25.7 Å². The number of hydrogen-bond acceptors (Lipinski definition) is 2. The van der Waals surface area contributed by atoms with Gasteiger partial charge in [-0.2, -0.15) is 0 Å². The Morgan fingerprint density at radius 1 is 1.05 bits per heavy atom. The molecular formula is C16H28N2O. The number of fused-ring (bicyclic) bond motifs is 2. The molecule has 2 N–H and O–H groups in total. The van der Waals surface area contributed by atoms with Crippen LogP contribution in [0.25, 0.3) is 0 Å². The van der Waals surface area contributed by atoms with Gasteiger partial charge in [0.15, 0.2) is 0 Å². The van der Waals surface area contributed by atoms with Crippen LogP contribution < -0.4 is 10.6 Å². The highest BCUT2D eigenvalue weighted by Gasteiger charge is 2.40. The van der Waals surface area contributed by atoms with Gasteiger partial charge in [0.05, 0.1) is 6.04 Å². The summed E-state index contributed by atoms with van der Waals surface area (Å²) in [4.78, 5) is 12.2. The van der Waals surface area contributed by atoms with Gasteiger partial charge < -0.3 is 10.6 Å². The van der Waals surface area contributed by atoms with Crippen LogP contribution in [0, 0.1) is 11.8 Å². The van der Waals surface area contributed by atoms with E-state index in [1.54, 1.807) is 0 Å². The standard InChI is InChI=1S/C16H28N2O/c1-11(16(19)18-14-5-3-2-4-6-14)17-15-10-12-7-8-13(15)9-12/h11-15,17H,2-10H2,1H3,(H,18,19). The SMILES string of the molecule is CC(NC1CC2CCC1C2)C(=O)NC1CCCCC1. The predicted molar refractivity (Wildman–Crippen MR) is 76.8 cm³/mol. The number of rotatable bonds is 4. The Balaban J connectivity index is 1.44. The van der Waals surface area contributed by atoms with Crippen molar-refractivity contribution < 1.29 is 4.79 Å². The van der Waals surface area contributed by atoms with E-state index in [4.69, 9.17) is 0 Å². The van der Waals surface area contributed by atoms with Crippen molar-refractivity contribution in [3.63, 3.8) is 0 Å². The molecule has 0 saturated heterocycles. The van der Waals surface area contributed by atoms with Crippen LogP contribution >= 0.6 is 0 Å². The maximum atomic E-state index is 12.2. The molecule has 108 valence electrons. The van der Waals surface area contributed by atoms with Gasteiger partial charge in [0, 0.05) is 12.1 Å². The molecule has 4 unspecified atom stereocenters. The summed E-state index contributed by atoms with van der Waals surface area (Å²) in [6.07, 6.45) is 11.7. The molecule has 3 aliphatic rings. The smallest absolute Gasteiger partial charge is 0.237 e. The molecule has 3 saturated carbocycles. The lowest BCUT2D eigenvalue weighted by atomic mass is 9.94. The topological polar surface area (TPSA) is 41.1 Å². The zero-order valence-electron chi connectivity index (χ0n) is 12.2. The van der Waals surface area contributed by atoms with Gasteiger partial charge >= 0.3 is 0 Å². The van der Waals surface area contributed by atoms with E-state index in [1.165, 1.54) is 57.8 Å². The average molecular weight is 264 g/mol. The van der Waals surface area contributed by atoms with Gasteiger partial charge in [-0.05, 0) is 50.9 Å². The summed E-state index contributed by atoms with van der Waals surface area (Å²) in [5.41, 5.74) is 0. The van der Waals surface area contributed by atoms with Crippen LogP contribution in [0.5, 0.6) is 0 Å². The maximum Gasteiger partial charge on any atom is 0.237 e. The first-order chi connectivity index (χ1) is 9.22. The fourth-order valence-electron chi connectivity index (χ4n) is 4.42. The molecule has 0 aliphatic heterocycles. The molecule has 0 aromatic rings. The molecule has 0 spiro atoms. The first-order valence-electron chi connectivity index (χ1n) is 8.29. The zero-order chi connectivity index (χ0) is 13.2. The molecule has 3 fully saturated rings. The van der Waals surface area contributed by atoms with Crippen molar-refractivity contribution in [1.82, 2.24) is 10.6 Å².